The van der Waals surface area contributed by atoms with Crippen molar-refractivity contribution in [3.05, 3.63) is 23.8 Å². The Hall–Kier alpha value is -1.84. The van der Waals surface area contributed by atoms with E-state index in [2.05, 4.69) is 0 Å². The van der Waals surface area contributed by atoms with Crippen molar-refractivity contribution >= 4 is 11.9 Å². The van der Waals surface area contributed by atoms with Crippen LogP contribution in [0.3, 0.4) is 0 Å². The second-order valence-electron chi connectivity index (χ2n) is 3.31. The predicted octanol–water partition coefficient (Wildman–Crippen LogP) is 1.46. The molecule has 0 bridgehead atoms. The van der Waals surface area contributed by atoms with Crippen molar-refractivity contribution < 1.29 is 19.1 Å². The van der Waals surface area contributed by atoms with Crippen LogP contribution in [0.15, 0.2) is 18.2 Å². The van der Waals surface area contributed by atoms with Gasteiger partial charge in [0.15, 0.2) is 11.5 Å². The molecule has 4 heteroatoms. The van der Waals surface area contributed by atoms with Gasteiger partial charge in [-0.2, -0.15) is 0 Å². The summed E-state index contributed by atoms with van der Waals surface area (Å²) in [5, 5.41) is 0. The molecule has 0 unspecified atom stereocenters. The molecule has 1 heterocycles. The summed E-state index contributed by atoms with van der Waals surface area (Å²) in [7, 11) is 0. The van der Waals surface area contributed by atoms with E-state index in [0.29, 0.717) is 24.3 Å². The minimum absolute atomic E-state index is 0.290. The van der Waals surface area contributed by atoms with Crippen molar-refractivity contribution in [2.45, 2.75) is 19.8 Å². The van der Waals surface area contributed by atoms with Crippen LogP contribution in [0.1, 0.15) is 18.9 Å². The standard InChI is InChI=1S/C11H10O4/c1-7(12)14-9-4-2-3-8-5-6-10(13)15-11(8)9/h2-4H,5-6H2,1H3. The van der Waals surface area contributed by atoms with Crippen molar-refractivity contribution in [1.29, 1.82) is 0 Å². The molecule has 0 N–H and O–H groups in total. The van der Waals surface area contributed by atoms with Crippen molar-refractivity contribution in [2.24, 2.45) is 0 Å². The average molecular weight is 206 g/mol. The summed E-state index contributed by atoms with van der Waals surface area (Å²) in [5.74, 6) is -0.0240. The molecule has 4 nitrogen and oxygen atoms in total. The molecule has 0 spiro atoms. The van der Waals surface area contributed by atoms with E-state index >= 15 is 0 Å². The largest absolute Gasteiger partial charge is 0.423 e. The molecule has 0 saturated heterocycles. The first-order valence-electron chi connectivity index (χ1n) is 4.68. The quantitative estimate of drug-likeness (QED) is 0.515. The summed E-state index contributed by atoms with van der Waals surface area (Å²) in [6.45, 7) is 1.31. The molecule has 78 valence electrons. The number of ether oxygens (including phenoxy) is 2. The Morgan fingerprint density at radius 1 is 1.40 bits per heavy atom. The van der Waals surface area contributed by atoms with E-state index in [4.69, 9.17) is 9.47 Å². The highest BCUT2D eigenvalue weighted by molar-refractivity contribution is 5.78. The molecule has 1 aliphatic heterocycles. The minimum atomic E-state index is -0.426. The van der Waals surface area contributed by atoms with Crippen LogP contribution < -0.4 is 9.47 Å². The smallest absolute Gasteiger partial charge is 0.311 e. The monoisotopic (exact) mass is 206 g/mol. The van der Waals surface area contributed by atoms with E-state index in [0.717, 1.165) is 5.56 Å². The number of benzene rings is 1. The molecule has 0 saturated carbocycles. The number of hydrogen-bond donors (Lipinski definition) is 0. The normalized spacial score (nSPS) is 14.1. The molecule has 0 aliphatic carbocycles. The highest BCUT2D eigenvalue weighted by Gasteiger charge is 2.21. The third kappa shape index (κ3) is 1.98. The number of rotatable bonds is 1. The zero-order valence-corrected chi connectivity index (χ0v) is 8.28. The minimum Gasteiger partial charge on any atom is -0.423 e. The van der Waals surface area contributed by atoms with Gasteiger partial charge in [-0.1, -0.05) is 12.1 Å². The van der Waals surface area contributed by atoms with E-state index in [-0.39, 0.29) is 5.97 Å². The second kappa shape index (κ2) is 3.73. The molecule has 0 aromatic heterocycles. The number of carbonyl (C=O) groups is 2. The molecular weight excluding hydrogens is 196 g/mol. The first-order valence-corrected chi connectivity index (χ1v) is 4.68. The Balaban J connectivity index is 2.39. The highest BCUT2D eigenvalue weighted by atomic mass is 16.6. The van der Waals surface area contributed by atoms with Gasteiger partial charge in [-0.15, -0.1) is 0 Å². The SMILES string of the molecule is CC(=O)Oc1cccc2c1OC(=O)CC2. The number of hydrogen-bond acceptors (Lipinski definition) is 4. The van der Waals surface area contributed by atoms with Gasteiger partial charge in [0.05, 0.1) is 6.42 Å². The Kier molecular flexibility index (Phi) is 2.41. The zero-order valence-electron chi connectivity index (χ0n) is 8.28. The van der Waals surface area contributed by atoms with Crippen molar-refractivity contribution in [3.8, 4) is 11.5 Å². The number of esters is 2. The van der Waals surface area contributed by atoms with Gasteiger partial charge in [-0.3, -0.25) is 9.59 Å². The van der Waals surface area contributed by atoms with Gasteiger partial charge in [-0.25, -0.2) is 0 Å². The average Bonchev–Trinajstić information content (AvgIpc) is 2.18. The number of para-hydroxylation sites is 1. The topological polar surface area (TPSA) is 52.6 Å². The first-order chi connectivity index (χ1) is 7.16. The lowest BCUT2D eigenvalue weighted by Crippen LogP contribution is -2.17. The third-order valence-corrected chi connectivity index (χ3v) is 2.13. The predicted molar refractivity (Wildman–Crippen MR) is 51.7 cm³/mol. The van der Waals surface area contributed by atoms with Crippen LogP contribution >= 0.6 is 0 Å². The maximum Gasteiger partial charge on any atom is 0.311 e. The van der Waals surface area contributed by atoms with E-state index in [9.17, 15) is 9.59 Å². The van der Waals surface area contributed by atoms with Crippen LogP contribution in [0.5, 0.6) is 11.5 Å². The lowest BCUT2D eigenvalue weighted by molar-refractivity contribution is -0.137. The van der Waals surface area contributed by atoms with Gasteiger partial charge in [0.1, 0.15) is 0 Å². The molecule has 0 radical (unpaired) electrons. The van der Waals surface area contributed by atoms with Crippen LogP contribution in [0.25, 0.3) is 0 Å². The van der Waals surface area contributed by atoms with Crippen LogP contribution in [-0.4, -0.2) is 11.9 Å². The fraction of sp³-hybridized carbons (Fsp3) is 0.273. The Morgan fingerprint density at radius 2 is 2.20 bits per heavy atom. The summed E-state index contributed by atoms with van der Waals surface area (Å²) in [6.07, 6.45) is 1.000. The van der Waals surface area contributed by atoms with Crippen LogP contribution in [0.4, 0.5) is 0 Å². The molecule has 0 fully saturated rings. The Morgan fingerprint density at radius 3 is 2.93 bits per heavy atom. The Bertz CT molecular complexity index is 423. The maximum absolute atomic E-state index is 11.1. The molecule has 1 aliphatic rings. The summed E-state index contributed by atoms with van der Waals surface area (Å²) >= 11 is 0. The summed E-state index contributed by atoms with van der Waals surface area (Å²) in [6, 6.07) is 5.24. The second-order valence-corrected chi connectivity index (χ2v) is 3.31. The van der Waals surface area contributed by atoms with E-state index in [1.54, 1.807) is 12.1 Å². The van der Waals surface area contributed by atoms with Gasteiger partial charge in [0.2, 0.25) is 0 Å². The molecule has 1 aromatic carbocycles. The summed E-state index contributed by atoms with van der Waals surface area (Å²) in [4.78, 5) is 21.9. The lowest BCUT2D eigenvalue weighted by Gasteiger charge is -2.17. The van der Waals surface area contributed by atoms with E-state index < -0.39 is 5.97 Å². The maximum atomic E-state index is 11.1. The van der Waals surface area contributed by atoms with Gasteiger partial charge in [0, 0.05) is 6.92 Å². The van der Waals surface area contributed by atoms with Crippen molar-refractivity contribution in [2.75, 3.05) is 0 Å². The fourth-order valence-corrected chi connectivity index (χ4v) is 1.51. The number of fused-ring (bicyclic) bond motifs is 1. The van der Waals surface area contributed by atoms with Gasteiger partial charge in [-0.05, 0) is 18.1 Å². The number of carbonyl (C=O) groups excluding carboxylic acids is 2. The lowest BCUT2D eigenvalue weighted by atomic mass is 10.1. The molecule has 2 rings (SSSR count). The third-order valence-electron chi connectivity index (χ3n) is 2.13. The van der Waals surface area contributed by atoms with E-state index in [1.807, 2.05) is 6.07 Å². The molecule has 0 atom stereocenters. The first kappa shape index (κ1) is 9.71. The van der Waals surface area contributed by atoms with Gasteiger partial charge in [0.25, 0.3) is 0 Å². The Labute approximate surface area is 86.8 Å². The summed E-state index contributed by atoms with van der Waals surface area (Å²) in [5.41, 5.74) is 0.897. The van der Waals surface area contributed by atoms with Crippen LogP contribution in [0.2, 0.25) is 0 Å². The highest BCUT2D eigenvalue weighted by Crippen LogP contribution is 2.35. The zero-order chi connectivity index (χ0) is 10.8. The van der Waals surface area contributed by atoms with Crippen LogP contribution in [-0.2, 0) is 16.0 Å². The van der Waals surface area contributed by atoms with E-state index in [1.165, 1.54) is 6.92 Å². The fourth-order valence-electron chi connectivity index (χ4n) is 1.51. The number of aryl methyl sites for hydroxylation is 1. The molecule has 15 heavy (non-hydrogen) atoms. The molecule has 0 amide bonds. The molecular formula is C11H10O4. The van der Waals surface area contributed by atoms with Gasteiger partial charge >= 0.3 is 11.9 Å². The van der Waals surface area contributed by atoms with Gasteiger partial charge < -0.3 is 9.47 Å². The van der Waals surface area contributed by atoms with Crippen LogP contribution in [0, 0.1) is 0 Å². The molecule has 1 aromatic rings. The van der Waals surface area contributed by atoms with Crippen molar-refractivity contribution in [3.63, 3.8) is 0 Å². The van der Waals surface area contributed by atoms with Crippen molar-refractivity contribution in [1.82, 2.24) is 0 Å². The summed E-state index contributed by atoms with van der Waals surface area (Å²) < 4.78 is 9.99.